The van der Waals surface area contributed by atoms with E-state index in [2.05, 4.69) is 15.0 Å². The van der Waals surface area contributed by atoms with E-state index < -0.39 is 0 Å². The summed E-state index contributed by atoms with van der Waals surface area (Å²) in [6, 6.07) is 17.3. The maximum Gasteiger partial charge on any atom is 0.276 e. The summed E-state index contributed by atoms with van der Waals surface area (Å²) in [7, 11) is 0. The van der Waals surface area contributed by atoms with Crippen molar-refractivity contribution in [2.75, 3.05) is 26.2 Å². The third-order valence-electron chi connectivity index (χ3n) is 4.56. The molecule has 3 aromatic rings. The number of nitrogens with zero attached hydrogens (tertiary/aromatic N) is 4. The van der Waals surface area contributed by atoms with Gasteiger partial charge >= 0.3 is 0 Å². The minimum absolute atomic E-state index is 0.0755. The molecule has 132 valence electrons. The van der Waals surface area contributed by atoms with Crippen molar-refractivity contribution >= 4 is 5.91 Å². The lowest BCUT2D eigenvalue weighted by Gasteiger charge is -2.34. The van der Waals surface area contributed by atoms with Gasteiger partial charge in [0.15, 0.2) is 11.5 Å². The molecule has 1 aromatic carbocycles. The van der Waals surface area contributed by atoms with Crippen LogP contribution in [0.15, 0.2) is 65.3 Å². The van der Waals surface area contributed by atoms with E-state index in [9.17, 15) is 4.79 Å². The quantitative estimate of drug-likeness (QED) is 0.725. The van der Waals surface area contributed by atoms with Crippen LogP contribution < -0.4 is 0 Å². The van der Waals surface area contributed by atoms with Gasteiger partial charge in [0.2, 0.25) is 0 Å². The van der Waals surface area contributed by atoms with E-state index in [1.807, 2.05) is 59.6 Å². The predicted molar refractivity (Wildman–Crippen MR) is 97.4 cm³/mol. The van der Waals surface area contributed by atoms with E-state index in [-0.39, 0.29) is 5.91 Å². The molecule has 4 rings (SSSR count). The number of aromatic nitrogens is 2. The molecule has 0 N–H and O–H groups in total. The second-order valence-electron chi connectivity index (χ2n) is 6.33. The Morgan fingerprint density at radius 1 is 1.00 bits per heavy atom. The van der Waals surface area contributed by atoms with Crippen molar-refractivity contribution < 1.29 is 9.32 Å². The summed E-state index contributed by atoms with van der Waals surface area (Å²) in [5.41, 5.74) is 2.33. The Morgan fingerprint density at radius 2 is 1.77 bits per heavy atom. The van der Waals surface area contributed by atoms with Crippen molar-refractivity contribution in [3.8, 4) is 11.3 Å². The van der Waals surface area contributed by atoms with Gasteiger partial charge < -0.3 is 9.42 Å². The summed E-state index contributed by atoms with van der Waals surface area (Å²) < 4.78 is 5.35. The van der Waals surface area contributed by atoms with Gasteiger partial charge in [-0.1, -0.05) is 41.6 Å². The molecule has 1 amide bonds. The molecular formula is C20H20N4O2. The Bertz CT molecular complexity index is 856. The van der Waals surface area contributed by atoms with Crippen LogP contribution in [0.3, 0.4) is 0 Å². The molecule has 26 heavy (non-hydrogen) atoms. The molecule has 1 aliphatic rings. The highest BCUT2D eigenvalue weighted by Gasteiger charge is 2.24. The van der Waals surface area contributed by atoms with Gasteiger partial charge in [0.1, 0.15) is 0 Å². The van der Waals surface area contributed by atoms with Crippen molar-refractivity contribution in [1.29, 1.82) is 0 Å². The lowest BCUT2D eigenvalue weighted by Crippen LogP contribution is -2.48. The lowest BCUT2D eigenvalue weighted by molar-refractivity contribution is 0.0617. The molecule has 1 saturated heterocycles. The van der Waals surface area contributed by atoms with Crippen molar-refractivity contribution in [2.45, 2.75) is 6.54 Å². The second-order valence-corrected chi connectivity index (χ2v) is 6.33. The first-order valence-electron chi connectivity index (χ1n) is 8.73. The minimum atomic E-state index is -0.0755. The summed E-state index contributed by atoms with van der Waals surface area (Å²) in [6.07, 6.45) is 1.81. The maximum absolute atomic E-state index is 12.7. The summed E-state index contributed by atoms with van der Waals surface area (Å²) in [5.74, 6) is 0.538. The topological polar surface area (TPSA) is 62.5 Å². The molecule has 3 heterocycles. The van der Waals surface area contributed by atoms with E-state index in [0.717, 1.165) is 30.9 Å². The first kappa shape index (κ1) is 16.5. The van der Waals surface area contributed by atoms with Crippen LogP contribution in [-0.2, 0) is 6.54 Å². The van der Waals surface area contributed by atoms with Crippen molar-refractivity contribution in [3.63, 3.8) is 0 Å². The number of piperazine rings is 1. The summed E-state index contributed by atoms with van der Waals surface area (Å²) in [6.45, 7) is 3.82. The number of hydrogen-bond acceptors (Lipinski definition) is 5. The maximum atomic E-state index is 12.7. The number of amides is 1. The van der Waals surface area contributed by atoms with Crippen LogP contribution in [0.5, 0.6) is 0 Å². The fourth-order valence-electron chi connectivity index (χ4n) is 3.11. The summed E-state index contributed by atoms with van der Waals surface area (Å²) >= 11 is 0. The molecular weight excluding hydrogens is 328 g/mol. The molecule has 1 aliphatic heterocycles. The highest BCUT2D eigenvalue weighted by molar-refractivity contribution is 5.93. The molecule has 0 aliphatic carbocycles. The second kappa shape index (κ2) is 7.49. The zero-order chi connectivity index (χ0) is 17.8. The van der Waals surface area contributed by atoms with Crippen LogP contribution >= 0.6 is 0 Å². The van der Waals surface area contributed by atoms with Crippen molar-refractivity contribution in [2.24, 2.45) is 0 Å². The summed E-state index contributed by atoms with van der Waals surface area (Å²) in [4.78, 5) is 21.2. The Morgan fingerprint density at radius 3 is 2.50 bits per heavy atom. The number of benzene rings is 1. The molecule has 0 bridgehead atoms. The van der Waals surface area contributed by atoms with Gasteiger partial charge in [0.05, 0.1) is 5.69 Å². The van der Waals surface area contributed by atoms with Gasteiger partial charge in [-0.3, -0.25) is 14.7 Å². The van der Waals surface area contributed by atoms with E-state index in [1.165, 1.54) is 0 Å². The minimum Gasteiger partial charge on any atom is -0.355 e. The standard InChI is InChI=1S/C20H20N4O2/c25-20(18-14-19(26-22-18)16-6-2-1-3-7-16)24-12-10-23(11-13-24)15-17-8-4-5-9-21-17/h1-9,14H,10-13,15H2. The Labute approximate surface area is 152 Å². The normalized spacial score (nSPS) is 15.2. The van der Waals surface area contributed by atoms with E-state index in [1.54, 1.807) is 6.07 Å². The Kier molecular flexibility index (Phi) is 4.75. The van der Waals surface area contributed by atoms with Crippen molar-refractivity contribution in [3.05, 3.63) is 72.2 Å². The fraction of sp³-hybridized carbons (Fsp3) is 0.250. The molecule has 0 atom stereocenters. The number of pyridine rings is 1. The zero-order valence-electron chi connectivity index (χ0n) is 14.4. The van der Waals surface area contributed by atoms with Gasteiger partial charge in [0, 0.05) is 50.6 Å². The average molecular weight is 348 g/mol. The van der Waals surface area contributed by atoms with Gasteiger partial charge in [-0.05, 0) is 12.1 Å². The van der Waals surface area contributed by atoms with Crippen LogP contribution in [0.25, 0.3) is 11.3 Å². The third-order valence-corrected chi connectivity index (χ3v) is 4.56. The SMILES string of the molecule is O=C(c1cc(-c2ccccc2)on1)N1CCN(Cc2ccccn2)CC1. The molecule has 0 unspecified atom stereocenters. The largest absolute Gasteiger partial charge is 0.355 e. The highest BCUT2D eigenvalue weighted by Crippen LogP contribution is 2.20. The Balaban J connectivity index is 1.36. The van der Waals surface area contributed by atoms with Crippen LogP contribution in [0.1, 0.15) is 16.2 Å². The van der Waals surface area contributed by atoms with Gasteiger partial charge in [-0.2, -0.15) is 0 Å². The fourth-order valence-corrected chi connectivity index (χ4v) is 3.11. The van der Waals surface area contributed by atoms with Gasteiger partial charge in [0.25, 0.3) is 5.91 Å². The molecule has 6 nitrogen and oxygen atoms in total. The number of rotatable bonds is 4. The average Bonchev–Trinajstić information content (AvgIpc) is 3.20. The smallest absolute Gasteiger partial charge is 0.276 e. The van der Waals surface area contributed by atoms with Crippen LogP contribution in [0, 0.1) is 0 Å². The summed E-state index contributed by atoms with van der Waals surface area (Å²) in [5, 5.41) is 3.96. The van der Waals surface area contributed by atoms with Crippen molar-refractivity contribution in [1.82, 2.24) is 19.9 Å². The monoisotopic (exact) mass is 348 g/mol. The number of carbonyl (C=O) groups excluding carboxylic acids is 1. The Hall–Kier alpha value is -2.99. The van der Waals surface area contributed by atoms with E-state index in [0.29, 0.717) is 24.5 Å². The number of hydrogen-bond donors (Lipinski definition) is 0. The highest BCUT2D eigenvalue weighted by atomic mass is 16.5. The first-order valence-corrected chi connectivity index (χ1v) is 8.73. The van der Waals surface area contributed by atoms with Crippen LogP contribution in [-0.4, -0.2) is 52.0 Å². The van der Waals surface area contributed by atoms with Gasteiger partial charge in [-0.15, -0.1) is 0 Å². The van der Waals surface area contributed by atoms with E-state index in [4.69, 9.17) is 4.52 Å². The zero-order valence-corrected chi connectivity index (χ0v) is 14.4. The molecule has 0 spiro atoms. The lowest BCUT2D eigenvalue weighted by atomic mass is 10.1. The number of carbonyl (C=O) groups is 1. The predicted octanol–water partition coefficient (Wildman–Crippen LogP) is 2.69. The molecule has 6 heteroatoms. The van der Waals surface area contributed by atoms with Crippen LogP contribution in [0.2, 0.25) is 0 Å². The van der Waals surface area contributed by atoms with E-state index >= 15 is 0 Å². The molecule has 2 aromatic heterocycles. The molecule has 0 radical (unpaired) electrons. The molecule has 1 fully saturated rings. The van der Waals surface area contributed by atoms with Gasteiger partial charge in [-0.25, -0.2) is 0 Å². The van der Waals surface area contributed by atoms with Crippen LogP contribution in [0.4, 0.5) is 0 Å². The third kappa shape index (κ3) is 3.65. The first-order chi connectivity index (χ1) is 12.8. The molecule has 0 saturated carbocycles.